The van der Waals surface area contributed by atoms with Gasteiger partial charge in [-0.2, -0.15) is 0 Å². The topological polar surface area (TPSA) is 87.0 Å². The number of carbonyl (C=O) groups excluding carboxylic acids is 2. The number of carboxylic acid groups (broad SMARTS) is 1. The molecule has 5 rings (SSSR count). The zero-order chi connectivity index (χ0) is 24.9. The van der Waals surface area contributed by atoms with Gasteiger partial charge >= 0.3 is 29.6 Å². The molecule has 0 radical (unpaired) electrons. The van der Waals surface area contributed by atoms with E-state index in [-0.39, 0.29) is 41.7 Å². The molecule has 2 heterocycles. The molecule has 1 N–H and O–H groups in total. The number of hydrogen-bond acceptors (Lipinski definition) is 4. The smallest absolute Gasteiger partial charge is 0.548 e. The van der Waals surface area contributed by atoms with Crippen LogP contribution in [0.3, 0.4) is 0 Å². The van der Waals surface area contributed by atoms with Crippen LogP contribution in [0.4, 0.5) is 0 Å². The van der Waals surface area contributed by atoms with Crippen molar-refractivity contribution in [3.63, 3.8) is 0 Å². The molecule has 1 amide bonds. The number of hydrogen-bond donors (Lipinski definition) is 1. The summed E-state index contributed by atoms with van der Waals surface area (Å²) in [6.45, 7) is 0.815. The molecular weight excluding hydrogens is 473 g/mol. The third-order valence-corrected chi connectivity index (χ3v) is 6.45. The predicted molar refractivity (Wildman–Crippen MR) is 138 cm³/mol. The molecule has 2 aromatic heterocycles. The molecule has 6 nitrogen and oxygen atoms in total. The predicted octanol–water partition coefficient (Wildman–Crippen LogP) is 0.917. The zero-order valence-electron chi connectivity index (χ0n) is 20.8. The van der Waals surface area contributed by atoms with Crippen LogP contribution in [0.15, 0.2) is 97.2 Å². The van der Waals surface area contributed by atoms with E-state index in [1.165, 1.54) is 5.56 Å². The van der Waals surface area contributed by atoms with Crippen LogP contribution in [0.2, 0.25) is 0 Å². The van der Waals surface area contributed by atoms with Crippen molar-refractivity contribution in [3.8, 4) is 0 Å². The van der Waals surface area contributed by atoms with E-state index in [4.69, 9.17) is 0 Å². The van der Waals surface area contributed by atoms with Crippen molar-refractivity contribution in [1.82, 2.24) is 14.9 Å². The van der Waals surface area contributed by atoms with Gasteiger partial charge in [0.05, 0.1) is 23.7 Å². The molecule has 180 valence electrons. The number of nitrogens with one attached hydrogen (secondary N) is 1. The number of benzene rings is 3. The van der Waals surface area contributed by atoms with Crippen LogP contribution < -0.4 is 40.0 Å². The first-order valence-electron chi connectivity index (χ1n) is 12.1. The van der Waals surface area contributed by atoms with E-state index in [9.17, 15) is 14.7 Å². The molecule has 7 heteroatoms. The fraction of sp³-hybridized carbons (Fsp3) is 0.167. The average molecular weight is 500 g/mol. The molecule has 0 saturated heterocycles. The summed E-state index contributed by atoms with van der Waals surface area (Å²) >= 11 is 0. The molecule has 0 saturated carbocycles. The van der Waals surface area contributed by atoms with Gasteiger partial charge < -0.3 is 19.8 Å². The fourth-order valence-electron chi connectivity index (χ4n) is 4.67. The first kappa shape index (κ1) is 26.6. The van der Waals surface area contributed by atoms with Crippen molar-refractivity contribution in [2.24, 2.45) is 0 Å². The number of aliphatic carboxylic acids is 1. The molecule has 0 fully saturated rings. The normalized spacial score (nSPS) is 11.7. The summed E-state index contributed by atoms with van der Waals surface area (Å²) in [5.41, 5.74) is 4.30. The molecule has 0 aliphatic heterocycles. The summed E-state index contributed by atoms with van der Waals surface area (Å²) in [4.78, 5) is 29.1. The molecule has 0 aliphatic rings. The SMILES string of the molecule is O=C(N[C@@H](Cc1ccccc1)C(=O)[O-])c1cc2c3ccccc3n(CCCc3ccccc3)c2cn1.[Na+]. The monoisotopic (exact) mass is 499 g/mol. The second-order valence-electron chi connectivity index (χ2n) is 8.88. The van der Waals surface area contributed by atoms with E-state index in [1.807, 2.05) is 54.6 Å². The molecular formula is C30H26N3NaO3. The van der Waals surface area contributed by atoms with Gasteiger partial charge in [0.2, 0.25) is 0 Å². The van der Waals surface area contributed by atoms with Crippen molar-refractivity contribution < 1.29 is 44.3 Å². The number of aryl methyl sites for hydroxylation is 2. The number of carbonyl (C=O) groups is 2. The molecule has 0 aliphatic carbocycles. The third kappa shape index (κ3) is 6.10. The number of carboxylic acids is 1. The summed E-state index contributed by atoms with van der Waals surface area (Å²) in [6, 6.07) is 28.2. The fourth-order valence-corrected chi connectivity index (χ4v) is 4.67. The van der Waals surface area contributed by atoms with Gasteiger partial charge in [-0.05, 0) is 42.5 Å². The quantitative estimate of drug-likeness (QED) is 0.306. The Balaban J connectivity index is 0.00000320. The van der Waals surface area contributed by atoms with E-state index >= 15 is 0 Å². The Hall–Kier alpha value is -3.45. The van der Waals surface area contributed by atoms with Gasteiger partial charge in [0.1, 0.15) is 5.69 Å². The zero-order valence-corrected chi connectivity index (χ0v) is 22.8. The minimum atomic E-state index is -1.33. The van der Waals surface area contributed by atoms with Crippen LogP contribution in [0.1, 0.15) is 28.0 Å². The molecule has 0 unspecified atom stereocenters. The van der Waals surface area contributed by atoms with E-state index < -0.39 is 17.9 Å². The Morgan fingerprint density at radius 1 is 0.838 bits per heavy atom. The van der Waals surface area contributed by atoms with Gasteiger partial charge in [0.25, 0.3) is 5.91 Å². The maximum Gasteiger partial charge on any atom is 1.00 e. The van der Waals surface area contributed by atoms with Crippen molar-refractivity contribution in [2.45, 2.75) is 31.8 Å². The van der Waals surface area contributed by atoms with Crippen molar-refractivity contribution in [2.75, 3.05) is 0 Å². The minimum absolute atomic E-state index is 0. The molecule has 1 atom stereocenters. The van der Waals surface area contributed by atoms with Crippen molar-refractivity contribution >= 4 is 33.7 Å². The van der Waals surface area contributed by atoms with Crippen molar-refractivity contribution in [1.29, 1.82) is 0 Å². The Labute approximate surface area is 237 Å². The summed E-state index contributed by atoms with van der Waals surface area (Å²) in [5.74, 6) is -1.87. The number of fused-ring (bicyclic) bond motifs is 3. The van der Waals surface area contributed by atoms with Gasteiger partial charge in [-0.15, -0.1) is 0 Å². The number of amides is 1. The Morgan fingerprint density at radius 2 is 1.49 bits per heavy atom. The molecule has 0 bridgehead atoms. The molecule has 5 aromatic rings. The average Bonchev–Trinajstić information content (AvgIpc) is 3.22. The second-order valence-corrected chi connectivity index (χ2v) is 8.88. The number of para-hydroxylation sites is 1. The number of nitrogens with zero attached hydrogens (tertiary/aromatic N) is 2. The minimum Gasteiger partial charge on any atom is -0.548 e. The summed E-state index contributed by atoms with van der Waals surface area (Å²) < 4.78 is 2.24. The van der Waals surface area contributed by atoms with E-state index in [0.29, 0.717) is 0 Å². The molecule has 37 heavy (non-hydrogen) atoms. The van der Waals surface area contributed by atoms with E-state index in [1.54, 1.807) is 12.3 Å². The van der Waals surface area contributed by atoms with Gasteiger partial charge in [-0.25, -0.2) is 4.98 Å². The maximum atomic E-state index is 13.0. The maximum absolute atomic E-state index is 13.0. The summed E-state index contributed by atoms with van der Waals surface area (Å²) in [5, 5.41) is 16.2. The molecule has 0 spiro atoms. The molecule has 3 aromatic carbocycles. The van der Waals surface area contributed by atoms with Gasteiger partial charge in [0, 0.05) is 22.8 Å². The third-order valence-electron chi connectivity index (χ3n) is 6.45. The largest absolute Gasteiger partial charge is 1.00 e. The number of aromatic nitrogens is 2. The summed E-state index contributed by atoms with van der Waals surface area (Å²) in [7, 11) is 0. The van der Waals surface area contributed by atoms with E-state index in [0.717, 1.165) is 46.8 Å². The Bertz CT molecular complexity index is 1520. The number of pyridine rings is 1. The Morgan fingerprint density at radius 3 is 2.19 bits per heavy atom. The summed E-state index contributed by atoms with van der Waals surface area (Å²) in [6.07, 6.45) is 3.78. The van der Waals surface area contributed by atoms with Crippen LogP contribution in [0.25, 0.3) is 21.8 Å². The Kier molecular flexibility index (Phi) is 8.77. The second kappa shape index (κ2) is 12.2. The number of rotatable bonds is 9. The van der Waals surface area contributed by atoms with Crippen molar-refractivity contribution in [3.05, 3.63) is 114 Å². The standard InChI is InChI=1S/C30H27N3O3.Na/c34-29(32-26(30(35)36)18-22-12-5-2-6-13-22)25-19-24-23-15-7-8-16-27(23)33(28(24)20-31-25)17-9-14-21-10-3-1-4-11-21;/h1-8,10-13,15-16,19-20,26H,9,14,17-18H2,(H,32,34)(H,35,36);/q;+1/p-1/t26-;/m0./s1. The van der Waals surface area contributed by atoms with Crippen LogP contribution in [-0.4, -0.2) is 27.5 Å². The van der Waals surface area contributed by atoms with Crippen LogP contribution in [0.5, 0.6) is 0 Å². The van der Waals surface area contributed by atoms with Gasteiger partial charge in [-0.3, -0.25) is 4.79 Å². The van der Waals surface area contributed by atoms with Gasteiger partial charge in [0.15, 0.2) is 0 Å². The first-order valence-corrected chi connectivity index (χ1v) is 12.1. The van der Waals surface area contributed by atoms with Crippen LogP contribution >= 0.6 is 0 Å². The van der Waals surface area contributed by atoms with Crippen LogP contribution in [-0.2, 0) is 24.2 Å². The van der Waals surface area contributed by atoms with Gasteiger partial charge in [-0.1, -0.05) is 78.9 Å². The first-order chi connectivity index (χ1) is 17.6. The van der Waals surface area contributed by atoms with E-state index in [2.05, 4.69) is 45.2 Å². The van der Waals surface area contributed by atoms with Crippen LogP contribution in [0, 0.1) is 0 Å².